The standard InChI is InChI=1S/C15H15N5O6/c1-17(8-12-15(23)26-16-18(12)2)11-7-13(21)19(14(11)22)9-3-5-10(6-4-9)20(24)25/h3-6,11H,7-8H2,1-2H3/p+1. The van der Waals surface area contributed by atoms with Gasteiger partial charge in [0.1, 0.15) is 0 Å². The molecule has 11 nitrogen and oxygen atoms in total. The number of nitro groups is 1. The predicted octanol–water partition coefficient (Wildman–Crippen LogP) is -0.535. The van der Waals surface area contributed by atoms with E-state index in [1.165, 1.54) is 28.9 Å². The molecule has 1 fully saturated rings. The third-order valence-electron chi connectivity index (χ3n) is 4.29. The number of nitrogens with zero attached hydrogens (tertiary/aromatic N) is 4. The Hall–Kier alpha value is -3.34. The van der Waals surface area contributed by atoms with Crippen LogP contribution in [0.25, 0.3) is 0 Å². The van der Waals surface area contributed by atoms with Gasteiger partial charge in [-0.25, -0.2) is 9.69 Å². The maximum atomic E-state index is 12.7. The Morgan fingerprint density at radius 1 is 1.35 bits per heavy atom. The number of aromatic nitrogens is 2. The molecule has 0 aliphatic carbocycles. The number of imide groups is 1. The van der Waals surface area contributed by atoms with Crippen molar-refractivity contribution in [1.29, 1.82) is 0 Å². The molecule has 1 atom stereocenters. The van der Waals surface area contributed by atoms with Crippen molar-refractivity contribution in [3.8, 4) is 0 Å². The van der Waals surface area contributed by atoms with Crippen LogP contribution >= 0.6 is 0 Å². The van der Waals surface area contributed by atoms with Crippen LogP contribution < -0.4 is 15.2 Å². The van der Waals surface area contributed by atoms with Crippen molar-refractivity contribution in [2.75, 3.05) is 11.9 Å². The lowest BCUT2D eigenvalue weighted by Crippen LogP contribution is -2.44. The van der Waals surface area contributed by atoms with Crippen molar-refractivity contribution in [3.63, 3.8) is 0 Å². The summed E-state index contributed by atoms with van der Waals surface area (Å²) in [6.45, 7) is 0.111. The Labute approximate surface area is 146 Å². The second kappa shape index (κ2) is 6.52. The summed E-state index contributed by atoms with van der Waals surface area (Å²) < 4.78 is 6.06. The Bertz CT molecular complexity index is 931. The summed E-state index contributed by atoms with van der Waals surface area (Å²) in [6.07, 6.45) is -0.0498. The van der Waals surface area contributed by atoms with Crippen LogP contribution in [0.4, 0.5) is 11.4 Å². The van der Waals surface area contributed by atoms with Crippen molar-refractivity contribution in [1.82, 2.24) is 10.2 Å². The van der Waals surface area contributed by atoms with Gasteiger partial charge in [0.15, 0.2) is 7.05 Å². The zero-order valence-corrected chi connectivity index (χ0v) is 14.0. The van der Waals surface area contributed by atoms with Crippen LogP contribution in [0.2, 0.25) is 0 Å². The number of rotatable bonds is 5. The van der Waals surface area contributed by atoms with Crippen LogP contribution in [-0.2, 0) is 23.2 Å². The molecule has 1 aromatic heterocycles. The van der Waals surface area contributed by atoms with Crippen LogP contribution in [0.15, 0.2) is 33.6 Å². The first-order valence-corrected chi connectivity index (χ1v) is 7.67. The van der Waals surface area contributed by atoms with Crippen LogP contribution in [0, 0.1) is 10.1 Å². The van der Waals surface area contributed by atoms with Gasteiger partial charge in [-0.15, -0.1) is 0 Å². The summed E-state index contributed by atoms with van der Waals surface area (Å²) in [4.78, 5) is 49.4. The maximum Gasteiger partial charge on any atom is 0.431 e. The van der Waals surface area contributed by atoms with Crippen molar-refractivity contribution in [2.45, 2.75) is 19.0 Å². The van der Waals surface area contributed by atoms with Crippen molar-refractivity contribution in [2.24, 2.45) is 7.05 Å². The molecular weight excluding hydrogens is 346 g/mol. The molecule has 2 heterocycles. The third kappa shape index (κ3) is 2.99. The summed E-state index contributed by atoms with van der Waals surface area (Å²) in [6, 6.07) is 4.44. The molecule has 0 saturated carbocycles. The zero-order chi connectivity index (χ0) is 19.0. The molecule has 1 unspecified atom stereocenters. The monoisotopic (exact) mass is 362 g/mol. The molecule has 0 radical (unpaired) electrons. The number of H-pyrrole nitrogens is 1. The number of hydrogen-bond acceptors (Lipinski definition) is 7. The lowest BCUT2D eigenvalue weighted by atomic mass is 10.2. The molecule has 0 spiro atoms. The fourth-order valence-electron chi connectivity index (χ4n) is 2.83. The Kier molecular flexibility index (Phi) is 4.38. The Morgan fingerprint density at radius 2 is 2.00 bits per heavy atom. The fourth-order valence-corrected chi connectivity index (χ4v) is 2.83. The van der Waals surface area contributed by atoms with Gasteiger partial charge in [-0.2, -0.15) is 0 Å². The summed E-state index contributed by atoms with van der Waals surface area (Å²) in [5, 5.41) is 13.1. The van der Waals surface area contributed by atoms with Gasteiger partial charge in [0, 0.05) is 12.1 Å². The number of aromatic amines is 1. The smallest absolute Gasteiger partial charge is 0.284 e. The number of nitrogens with one attached hydrogen (secondary N) is 1. The minimum atomic E-state index is -0.744. The molecule has 1 aliphatic rings. The number of likely N-dealkylation sites (N-methyl/N-ethyl adjacent to an activating group) is 1. The van der Waals surface area contributed by atoms with Crippen LogP contribution in [-0.4, -0.2) is 40.0 Å². The second-order valence-electron chi connectivity index (χ2n) is 5.96. The number of hydrogen-bond donors (Lipinski definition) is 1. The van der Waals surface area contributed by atoms with Gasteiger partial charge in [0.2, 0.25) is 5.91 Å². The lowest BCUT2D eigenvalue weighted by Gasteiger charge is -2.20. The Balaban J connectivity index is 1.80. The fraction of sp³-hybridized carbons (Fsp3) is 0.333. The zero-order valence-electron chi connectivity index (χ0n) is 14.0. The number of carbonyl (C=O) groups is 2. The van der Waals surface area contributed by atoms with E-state index in [1.807, 2.05) is 0 Å². The van der Waals surface area contributed by atoms with E-state index in [2.05, 4.69) is 9.79 Å². The molecule has 1 N–H and O–H groups in total. The molecule has 26 heavy (non-hydrogen) atoms. The van der Waals surface area contributed by atoms with E-state index in [0.717, 1.165) is 4.90 Å². The van der Waals surface area contributed by atoms with Crippen molar-refractivity contribution < 1.29 is 23.7 Å². The molecule has 136 valence electrons. The summed E-state index contributed by atoms with van der Waals surface area (Å²) in [7, 11) is 3.22. The molecule has 2 aromatic rings. The predicted molar refractivity (Wildman–Crippen MR) is 86.0 cm³/mol. The van der Waals surface area contributed by atoms with Gasteiger partial charge in [0.05, 0.1) is 29.6 Å². The average molecular weight is 362 g/mol. The van der Waals surface area contributed by atoms with Gasteiger partial charge in [-0.3, -0.25) is 29.1 Å². The number of non-ortho nitro benzene ring substituents is 1. The number of anilines is 1. The summed E-state index contributed by atoms with van der Waals surface area (Å²) in [5.41, 5.74) is -0.105. The van der Waals surface area contributed by atoms with Crippen molar-refractivity contribution in [3.05, 3.63) is 50.5 Å². The van der Waals surface area contributed by atoms with E-state index in [4.69, 9.17) is 0 Å². The highest BCUT2D eigenvalue weighted by atomic mass is 16.6. The van der Waals surface area contributed by atoms with Gasteiger partial charge < -0.3 is 0 Å². The van der Waals surface area contributed by atoms with E-state index >= 15 is 0 Å². The minimum Gasteiger partial charge on any atom is -0.284 e. The van der Waals surface area contributed by atoms with E-state index in [9.17, 15) is 24.5 Å². The first-order chi connectivity index (χ1) is 12.3. The highest BCUT2D eigenvalue weighted by Crippen LogP contribution is 2.27. The first-order valence-electron chi connectivity index (χ1n) is 7.67. The maximum absolute atomic E-state index is 12.7. The van der Waals surface area contributed by atoms with Gasteiger partial charge >= 0.3 is 11.3 Å². The second-order valence-corrected chi connectivity index (χ2v) is 5.96. The highest BCUT2D eigenvalue weighted by molar-refractivity contribution is 6.22. The van der Waals surface area contributed by atoms with Gasteiger partial charge in [-0.05, 0) is 24.5 Å². The summed E-state index contributed by atoms with van der Waals surface area (Å²) in [5.74, 6) is -0.861. The van der Waals surface area contributed by atoms with E-state index in [1.54, 1.807) is 19.0 Å². The highest BCUT2D eigenvalue weighted by Gasteiger charge is 2.42. The van der Waals surface area contributed by atoms with Crippen LogP contribution in [0.1, 0.15) is 12.1 Å². The van der Waals surface area contributed by atoms with Gasteiger partial charge in [0.25, 0.3) is 11.6 Å². The number of amides is 2. The molecule has 1 aromatic carbocycles. The van der Waals surface area contributed by atoms with Crippen LogP contribution in [0.5, 0.6) is 0 Å². The Morgan fingerprint density at radius 3 is 2.54 bits per heavy atom. The molecule has 11 heteroatoms. The van der Waals surface area contributed by atoms with E-state index in [0.29, 0.717) is 5.69 Å². The number of benzene rings is 1. The summed E-state index contributed by atoms with van der Waals surface area (Å²) >= 11 is 0. The SMILES string of the molecule is CN(Cc1c(=O)o[nH][n+]1C)C1CC(=O)N(c2ccc([N+](=O)[O-])cc2)C1=O. The van der Waals surface area contributed by atoms with Gasteiger partial charge in [-0.1, -0.05) is 4.68 Å². The molecule has 2 amide bonds. The largest absolute Gasteiger partial charge is 0.431 e. The third-order valence-corrected chi connectivity index (χ3v) is 4.29. The number of carbonyl (C=O) groups excluding carboxylic acids is 2. The minimum absolute atomic E-state index is 0.0498. The number of aryl methyl sites for hydroxylation is 1. The molecule has 1 saturated heterocycles. The van der Waals surface area contributed by atoms with Crippen molar-refractivity contribution >= 4 is 23.2 Å². The molecule has 3 rings (SSSR count). The van der Waals surface area contributed by atoms with E-state index in [-0.39, 0.29) is 24.3 Å². The normalized spacial score (nSPS) is 17.3. The van der Waals surface area contributed by atoms with E-state index < -0.39 is 28.4 Å². The quantitative estimate of drug-likeness (QED) is 0.327. The lowest BCUT2D eigenvalue weighted by molar-refractivity contribution is -0.746. The molecule has 0 bridgehead atoms. The molecular formula is C15H16N5O6+. The number of nitro benzene ring substituents is 1. The first kappa shape index (κ1) is 17.5. The van der Waals surface area contributed by atoms with Crippen LogP contribution in [0.3, 0.4) is 0 Å². The average Bonchev–Trinajstić information content (AvgIpc) is 3.08. The molecule has 1 aliphatic heterocycles. The topological polar surface area (TPSA) is 134 Å².